The lowest BCUT2D eigenvalue weighted by Crippen LogP contribution is -2.34. The van der Waals surface area contributed by atoms with Gasteiger partial charge in [0.1, 0.15) is 0 Å². The second-order valence-electron chi connectivity index (χ2n) is 5.11. The van der Waals surface area contributed by atoms with Gasteiger partial charge in [0, 0.05) is 11.8 Å². The van der Waals surface area contributed by atoms with Gasteiger partial charge in [-0.25, -0.2) is 0 Å². The molecule has 18 heavy (non-hydrogen) atoms. The van der Waals surface area contributed by atoms with Crippen LogP contribution in [0.3, 0.4) is 0 Å². The Balaban J connectivity index is 2.38. The van der Waals surface area contributed by atoms with Gasteiger partial charge in [-0.2, -0.15) is 0 Å². The van der Waals surface area contributed by atoms with Crippen LogP contribution in [0.2, 0.25) is 10.0 Å². The summed E-state index contributed by atoms with van der Waals surface area (Å²) in [6, 6.07) is 5.66. The highest BCUT2D eigenvalue weighted by atomic mass is 35.5. The molecule has 0 bridgehead atoms. The highest BCUT2D eigenvalue weighted by Gasteiger charge is 2.35. The van der Waals surface area contributed by atoms with Crippen molar-refractivity contribution in [2.75, 3.05) is 0 Å². The van der Waals surface area contributed by atoms with Crippen molar-refractivity contribution in [3.8, 4) is 0 Å². The molecule has 0 aliphatic heterocycles. The molecule has 2 N–H and O–H groups in total. The van der Waals surface area contributed by atoms with Crippen LogP contribution in [-0.4, -0.2) is 5.91 Å². The molecule has 0 atom stereocenters. The predicted molar refractivity (Wildman–Crippen MR) is 75.0 cm³/mol. The Kier molecular flexibility index (Phi) is 4.18. The molecule has 1 saturated carbocycles. The maximum atomic E-state index is 11.4. The predicted octanol–water partition coefficient (Wildman–Crippen LogP) is 4.07. The molecule has 98 valence electrons. The number of hydrogen-bond donors (Lipinski definition) is 1. The van der Waals surface area contributed by atoms with Gasteiger partial charge in [-0.05, 0) is 30.5 Å². The van der Waals surface area contributed by atoms with Crippen LogP contribution in [0.5, 0.6) is 0 Å². The van der Waals surface area contributed by atoms with E-state index in [1.165, 1.54) is 6.42 Å². The van der Waals surface area contributed by atoms with Crippen molar-refractivity contribution in [2.45, 2.75) is 43.9 Å². The van der Waals surface area contributed by atoms with Crippen molar-refractivity contribution >= 4 is 29.1 Å². The van der Waals surface area contributed by atoms with Crippen LogP contribution in [0.1, 0.15) is 44.1 Å². The standard InChI is InChI=1S/C14H17Cl2NO/c15-11-5-4-10(8-12(11)16)14(9-13(17)18)6-2-1-3-7-14/h4-5,8H,1-3,6-7,9H2,(H2,17,18). The van der Waals surface area contributed by atoms with Crippen LogP contribution >= 0.6 is 23.2 Å². The van der Waals surface area contributed by atoms with Crippen molar-refractivity contribution in [2.24, 2.45) is 5.73 Å². The SMILES string of the molecule is NC(=O)CC1(c2ccc(Cl)c(Cl)c2)CCCCC1. The van der Waals surface area contributed by atoms with Gasteiger partial charge in [-0.3, -0.25) is 4.79 Å². The third-order valence-corrected chi connectivity index (χ3v) is 4.59. The number of carbonyl (C=O) groups is 1. The average molecular weight is 286 g/mol. The monoisotopic (exact) mass is 285 g/mol. The summed E-state index contributed by atoms with van der Waals surface area (Å²) in [6.45, 7) is 0. The number of hydrogen-bond acceptors (Lipinski definition) is 1. The van der Waals surface area contributed by atoms with E-state index in [4.69, 9.17) is 28.9 Å². The number of rotatable bonds is 3. The number of amides is 1. The summed E-state index contributed by atoms with van der Waals surface area (Å²) in [4.78, 5) is 11.4. The van der Waals surface area contributed by atoms with Crippen molar-refractivity contribution in [1.29, 1.82) is 0 Å². The van der Waals surface area contributed by atoms with Gasteiger partial charge < -0.3 is 5.73 Å². The van der Waals surface area contributed by atoms with E-state index in [0.717, 1.165) is 31.2 Å². The van der Waals surface area contributed by atoms with E-state index >= 15 is 0 Å². The van der Waals surface area contributed by atoms with E-state index in [1.54, 1.807) is 6.07 Å². The molecule has 0 aromatic heterocycles. The molecular weight excluding hydrogens is 269 g/mol. The normalized spacial score (nSPS) is 18.6. The maximum Gasteiger partial charge on any atom is 0.218 e. The minimum Gasteiger partial charge on any atom is -0.370 e. The third kappa shape index (κ3) is 2.81. The van der Waals surface area contributed by atoms with Gasteiger partial charge in [-0.15, -0.1) is 0 Å². The molecule has 0 saturated heterocycles. The minimum absolute atomic E-state index is 0.141. The van der Waals surface area contributed by atoms with Gasteiger partial charge in [0.15, 0.2) is 0 Å². The smallest absolute Gasteiger partial charge is 0.218 e. The van der Waals surface area contributed by atoms with E-state index in [2.05, 4.69) is 0 Å². The molecule has 4 heteroatoms. The molecule has 0 spiro atoms. The summed E-state index contributed by atoms with van der Waals surface area (Å²) in [5, 5.41) is 1.09. The third-order valence-electron chi connectivity index (χ3n) is 3.86. The van der Waals surface area contributed by atoms with Crippen molar-refractivity contribution in [1.82, 2.24) is 0 Å². The summed E-state index contributed by atoms with van der Waals surface area (Å²) >= 11 is 12.0. The Morgan fingerprint density at radius 2 is 1.83 bits per heavy atom. The number of halogens is 2. The molecule has 1 aromatic rings. The molecule has 0 heterocycles. The lowest BCUT2D eigenvalue weighted by atomic mass is 9.67. The van der Waals surface area contributed by atoms with Crippen LogP contribution in [0.25, 0.3) is 0 Å². The first-order chi connectivity index (χ1) is 8.53. The highest BCUT2D eigenvalue weighted by molar-refractivity contribution is 6.42. The minimum atomic E-state index is -0.247. The lowest BCUT2D eigenvalue weighted by molar-refractivity contribution is -0.119. The molecule has 0 unspecified atom stereocenters. The summed E-state index contributed by atoms with van der Waals surface area (Å²) in [5.41, 5.74) is 6.37. The van der Waals surface area contributed by atoms with Crippen LogP contribution < -0.4 is 5.73 Å². The second-order valence-corrected chi connectivity index (χ2v) is 5.93. The second kappa shape index (κ2) is 5.50. The quantitative estimate of drug-likeness (QED) is 0.894. The summed E-state index contributed by atoms with van der Waals surface area (Å²) in [5.74, 6) is -0.247. The van der Waals surface area contributed by atoms with E-state index < -0.39 is 0 Å². The van der Waals surface area contributed by atoms with E-state index in [0.29, 0.717) is 16.5 Å². The van der Waals surface area contributed by atoms with Crippen molar-refractivity contribution in [3.05, 3.63) is 33.8 Å². The first kappa shape index (κ1) is 13.7. The van der Waals surface area contributed by atoms with Gasteiger partial charge in [0.2, 0.25) is 5.91 Å². The molecule has 1 amide bonds. The molecule has 2 nitrogen and oxygen atoms in total. The Morgan fingerprint density at radius 3 is 2.39 bits per heavy atom. The molecule has 2 rings (SSSR count). The van der Waals surface area contributed by atoms with Crippen LogP contribution in [0.15, 0.2) is 18.2 Å². The molecule has 1 aliphatic carbocycles. The molecule has 0 radical (unpaired) electrons. The fourth-order valence-electron chi connectivity index (χ4n) is 2.96. The van der Waals surface area contributed by atoms with Crippen LogP contribution in [0.4, 0.5) is 0 Å². The first-order valence-electron chi connectivity index (χ1n) is 6.27. The molecule has 1 fully saturated rings. The Hall–Kier alpha value is -0.730. The fourth-order valence-corrected chi connectivity index (χ4v) is 3.25. The first-order valence-corrected chi connectivity index (χ1v) is 7.03. The highest BCUT2D eigenvalue weighted by Crippen LogP contribution is 2.43. The zero-order chi connectivity index (χ0) is 13.2. The van der Waals surface area contributed by atoms with Gasteiger partial charge in [-0.1, -0.05) is 48.5 Å². The Morgan fingerprint density at radius 1 is 1.17 bits per heavy atom. The fraction of sp³-hybridized carbons (Fsp3) is 0.500. The van der Waals surface area contributed by atoms with E-state index in [9.17, 15) is 4.79 Å². The van der Waals surface area contributed by atoms with Gasteiger partial charge in [0.25, 0.3) is 0 Å². The van der Waals surface area contributed by atoms with E-state index in [-0.39, 0.29) is 11.3 Å². The van der Waals surface area contributed by atoms with Gasteiger partial charge in [0.05, 0.1) is 10.0 Å². The number of benzene rings is 1. The molecular formula is C14H17Cl2NO. The lowest BCUT2D eigenvalue weighted by Gasteiger charge is -2.37. The number of carbonyl (C=O) groups excluding carboxylic acids is 1. The number of primary amides is 1. The zero-order valence-corrected chi connectivity index (χ0v) is 11.7. The zero-order valence-electron chi connectivity index (χ0n) is 10.2. The number of nitrogens with two attached hydrogens (primary N) is 1. The molecule has 1 aromatic carbocycles. The van der Waals surface area contributed by atoms with Crippen molar-refractivity contribution < 1.29 is 4.79 Å². The summed E-state index contributed by atoms with van der Waals surface area (Å²) in [7, 11) is 0. The maximum absolute atomic E-state index is 11.4. The van der Waals surface area contributed by atoms with Crippen molar-refractivity contribution in [3.63, 3.8) is 0 Å². The Labute approximate surface area is 117 Å². The van der Waals surface area contributed by atoms with Crippen LogP contribution in [0, 0.1) is 0 Å². The van der Waals surface area contributed by atoms with E-state index in [1.807, 2.05) is 12.1 Å². The average Bonchev–Trinajstić information content (AvgIpc) is 2.33. The van der Waals surface area contributed by atoms with Gasteiger partial charge >= 0.3 is 0 Å². The topological polar surface area (TPSA) is 43.1 Å². The van der Waals surface area contributed by atoms with Crippen LogP contribution in [-0.2, 0) is 10.2 Å². The largest absolute Gasteiger partial charge is 0.370 e. The molecule has 1 aliphatic rings. The summed E-state index contributed by atoms with van der Waals surface area (Å²) in [6.07, 6.45) is 5.87. The summed E-state index contributed by atoms with van der Waals surface area (Å²) < 4.78 is 0. The Bertz CT molecular complexity index is 453.